The van der Waals surface area contributed by atoms with Crippen LogP contribution in [0, 0.1) is 5.82 Å². The topological polar surface area (TPSA) is 68.3 Å². The van der Waals surface area contributed by atoms with Gasteiger partial charge >= 0.3 is 0 Å². The van der Waals surface area contributed by atoms with Crippen molar-refractivity contribution in [3.8, 4) is 11.3 Å². The Kier molecular flexibility index (Phi) is 4.04. The summed E-state index contributed by atoms with van der Waals surface area (Å²) in [5.41, 5.74) is 7.23. The molecule has 3 N–H and O–H groups in total. The van der Waals surface area contributed by atoms with Gasteiger partial charge < -0.3 is 15.5 Å². The zero-order valence-corrected chi connectivity index (χ0v) is 12.6. The predicted molar refractivity (Wildman–Crippen MR) is 87.9 cm³/mol. The molecule has 0 aliphatic carbocycles. The maximum absolute atomic E-state index is 12.9. The fourth-order valence-electron chi connectivity index (χ4n) is 2.05. The van der Waals surface area contributed by atoms with Crippen molar-refractivity contribution in [2.75, 3.05) is 11.1 Å². The molecule has 0 aliphatic rings. The number of nitrogen functional groups attached to an aromatic ring is 1. The minimum atomic E-state index is -0.453. The zero-order chi connectivity index (χ0) is 16.4. The molecule has 0 fully saturated rings. The van der Waals surface area contributed by atoms with E-state index in [1.54, 1.807) is 36.4 Å². The molecule has 3 aromatic rings. The van der Waals surface area contributed by atoms with Crippen LogP contribution in [0.2, 0.25) is 5.02 Å². The van der Waals surface area contributed by atoms with Crippen LogP contribution in [0.5, 0.6) is 0 Å². The van der Waals surface area contributed by atoms with Gasteiger partial charge in [0.05, 0.1) is 10.7 Å². The highest BCUT2D eigenvalue weighted by atomic mass is 35.5. The summed E-state index contributed by atoms with van der Waals surface area (Å²) in [6.45, 7) is 0. The highest BCUT2D eigenvalue weighted by Gasteiger charge is 2.14. The number of amides is 1. The summed E-state index contributed by atoms with van der Waals surface area (Å²) in [5, 5.41) is 3.01. The Bertz CT molecular complexity index is 859. The molecule has 1 amide bonds. The number of hydrogen-bond donors (Lipinski definition) is 2. The maximum atomic E-state index is 12.9. The molecular weight excluding hydrogens is 319 g/mol. The van der Waals surface area contributed by atoms with Crippen LogP contribution in [0.3, 0.4) is 0 Å². The summed E-state index contributed by atoms with van der Waals surface area (Å²) in [4.78, 5) is 12.2. The molecule has 0 spiro atoms. The van der Waals surface area contributed by atoms with E-state index >= 15 is 0 Å². The van der Waals surface area contributed by atoms with E-state index in [1.165, 1.54) is 18.2 Å². The number of rotatable bonds is 3. The molecule has 4 nitrogen and oxygen atoms in total. The molecule has 0 atom stereocenters. The summed E-state index contributed by atoms with van der Waals surface area (Å²) >= 11 is 6.01. The van der Waals surface area contributed by atoms with Crippen LogP contribution in [0.1, 0.15) is 10.6 Å². The van der Waals surface area contributed by atoms with Gasteiger partial charge in [0.25, 0.3) is 5.91 Å². The second-order valence-corrected chi connectivity index (χ2v) is 5.27. The smallest absolute Gasteiger partial charge is 0.291 e. The molecule has 116 valence electrons. The van der Waals surface area contributed by atoms with E-state index in [4.69, 9.17) is 21.8 Å². The Morgan fingerprint density at radius 3 is 2.57 bits per heavy atom. The molecule has 6 heteroatoms. The molecule has 0 saturated heterocycles. The first kappa shape index (κ1) is 15.1. The summed E-state index contributed by atoms with van der Waals surface area (Å²) in [5.74, 6) is -0.211. The minimum Gasteiger partial charge on any atom is -0.451 e. The summed E-state index contributed by atoms with van der Waals surface area (Å²) < 4.78 is 18.4. The average Bonchev–Trinajstić information content (AvgIpc) is 3.02. The molecule has 1 aromatic heterocycles. The van der Waals surface area contributed by atoms with Crippen molar-refractivity contribution in [1.82, 2.24) is 0 Å². The van der Waals surface area contributed by atoms with Crippen molar-refractivity contribution >= 4 is 28.9 Å². The lowest BCUT2D eigenvalue weighted by Crippen LogP contribution is -2.11. The molecule has 0 aliphatic heterocycles. The van der Waals surface area contributed by atoms with Gasteiger partial charge in [-0.3, -0.25) is 4.79 Å². The van der Waals surface area contributed by atoms with E-state index in [9.17, 15) is 9.18 Å². The monoisotopic (exact) mass is 330 g/mol. The second-order valence-electron chi connectivity index (χ2n) is 4.86. The molecule has 0 saturated carbocycles. The van der Waals surface area contributed by atoms with Gasteiger partial charge in [0.1, 0.15) is 11.6 Å². The van der Waals surface area contributed by atoms with Crippen molar-refractivity contribution < 1.29 is 13.6 Å². The summed E-state index contributed by atoms with van der Waals surface area (Å²) in [7, 11) is 0. The lowest BCUT2D eigenvalue weighted by Gasteiger charge is -2.06. The van der Waals surface area contributed by atoms with Gasteiger partial charge in [-0.25, -0.2) is 4.39 Å². The number of nitrogens with two attached hydrogens (primary N) is 1. The molecule has 3 rings (SSSR count). The van der Waals surface area contributed by atoms with Crippen molar-refractivity contribution in [2.45, 2.75) is 0 Å². The Balaban J connectivity index is 1.81. The Hall–Kier alpha value is -2.79. The first-order valence-electron chi connectivity index (χ1n) is 6.75. The normalized spacial score (nSPS) is 10.5. The third-order valence-corrected chi connectivity index (χ3v) is 3.53. The third kappa shape index (κ3) is 3.35. The first-order chi connectivity index (χ1) is 11.0. The molecule has 2 aromatic carbocycles. The number of nitrogens with one attached hydrogen (secondary N) is 1. The van der Waals surface area contributed by atoms with Crippen molar-refractivity contribution in [3.05, 3.63) is 71.2 Å². The lowest BCUT2D eigenvalue weighted by molar-refractivity contribution is 0.0997. The molecule has 0 bridgehead atoms. The molecule has 0 radical (unpaired) electrons. The van der Waals surface area contributed by atoms with Crippen LogP contribution in [0.25, 0.3) is 11.3 Å². The number of furan rings is 1. The fourth-order valence-corrected chi connectivity index (χ4v) is 2.22. The largest absolute Gasteiger partial charge is 0.451 e. The van der Waals surface area contributed by atoms with E-state index < -0.39 is 5.91 Å². The van der Waals surface area contributed by atoms with E-state index in [2.05, 4.69) is 5.32 Å². The van der Waals surface area contributed by atoms with Gasteiger partial charge in [-0.1, -0.05) is 11.6 Å². The number of carbonyl (C=O) groups is 1. The SMILES string of the molecule is Nc1ccc(Cl)c(NC(=O)c2ccc(-c3ccc(F)cc3)o2)c1. The Labute approximate surface area is 136 Å². The van der Waals surface area contributed by atoms with E-state index in [0.29, 0.717) is 27.7 Å². The second kappa shape index (κ2) is 6.14. The quantitative estimate of drug-likeness (QED) is 0.691. The molecule has 0 unspecified atom stereocenters. The van der Waals surface area contributed by atoms with E-state index in [1.807, 2.05) is 0 Å². The predicted octanol–water partition coefficient (Wildman–Crippen LogP) is 4.57. The van der Waals surface area contributed by atoms with Crippen molar-refractivity contribution in [2.24, 2.45) is 0 Å². The van der Waals surface area contributed by atoms with Gasteiger partial charge in [0.2, 0.25) is 0 Å². The van der Waals surface area contributed by atoms with Gasteiger partial charge in [-0.05, 0) is 54.6 Å². The molecule has 23 heavy (non-hydrogen) atoms. The van der Waals surface area contributed by atoms with Gasteiger partial charge in [-0.2, -0.15) is 0 Å². The van der Waals surface area contributed by atoms with Crippen LogP contribution in [0.15, 0.2) is 59.0 Å². The Morgan fingerprint density at radius 2 is 1.83 bits per heavy atom. The van der Waals surface area contributed by atoms with Crippen molar-refractivity contribution in [3.63, 3.8) is 0 Å². The average molecular weight is 331 g/mol. The Morgan fingerprint density at radius 1 is 1.09 bits per heavy atom. The fraction of sp³-hybridized carbons (Fsp3) is 0. The first-order valence-corrected chi connectivity index (χ1v) is 7.13. The summed E-state index contributed by atoms with van der Waals surface area (Å²) in [6, 6.07) is 13.8. The highest BCUT2D eigenvalue weighted by molar-refractivity contribution is 6.34. The highest BCUT2D eigenvalue weighted by Crippen LogP contribution is 2.26. The number of hydrogen-bond acceptors (Lipinski definition) is 3. The van der Waals surface area contributed by atoms with Crippen LogP contribution < -0.4 is 11.1 Å². The van der Waals surface area contributed by atoms with Crippen molar-refractivity contribution in [1.29, 1.82) is 0 Å². The number of anilines is 2. The van der Waals surface area contributed by atoms with Gasteiger partial charge in [0.15, 0.2) is 5.76 Å². The van der Waals surface area contributed by atoms with Crippen LogP contribution in [-0.4, -0.2) is 5.91 Å². The zero-order valence-electron chi connectivity index (χ0n) is 11.8. The maximum Gasteiger partial charge on any atom is 0.291 e. The van der Waals surface area contributed by atoms with E-state index in [-0.39, 0.29) is 11.6 Å². The van der Waals surface area contributed by atoms with E-state index in [0.717, 1.165) is 0 Å². The van der Waals surface area contributed by atoms with Gasteiger partial charge in [0, 0.05) is 11.3 Å². The van der Waals surface area contributed by atoms with Crippen LogP contribution >= 0.6 is 11.6 Å². The summed E-state index contributed by atoms with van der Waals surface area (Å²) in [6.07, 6.45) is 0. The third-order valence-electron chi connectivity index (χ3n) is 3.20. The minimum absolute atomic E-state index is 0.114. The van der Waals surface area contributed by atoms with Crippen LogP contribution in [0.4, 0.5) is 15.8 Å². The molecule has 1 heterocycles. The molecular formula is C17H12ClFN2O2. The number of halogens is 2. The number of benzene rings is 2. The van der Waals surface area contributed by atoms with Gasteiger partial charge in [-0.15, -0.1) is 0 Å². The van der Waals surface area contributed by atoms with Crippen LogP contribution in [-0.2, 0) is 0 Å². The standard InChI is InChI=1S/C17H12ClFN2O2/c18-13-6-5-12(20)9-14(13)21-17(22)16-8-7-15(23-16)10-1-3-11(19)4-2-10/h1-9H,20H2,(H,21,22). The number of carbonyl (C=O) groups excluding carboxylic acids is 1. The lowest BCUT2D eigenvalue weighted by atomic mass is 10.2.